The van der Waals surface area contributed by atoms with Gasteiger partial charge in [0.15, 0.2) is 0 Å². The quantitative estimate of drug-likeness (QED) is 0.684. The number of aliphatic hydroxyl groups is 1. The van der Waals surface area contributed by atoms with Crippen molar-refractivity contribution in [2.75, 3.05) is 37.0 Å². The van der Waals surface area contributed by atoms with Crippen LogP contribution in [0.5, 0.6) is 0 Å². The molecule has 19 heavy (non-hydrogen) atoms. The predicted octanol–water partition coefficient (Wildman–Crippen LogP) is 0.304. The van der Waals surface area contributed by atoms with Crippen molar-refractivity contribution in [2.45, 2.75) is 6.04 Å². The van der Waals surface area contributed by atoms with E-state index >= 15 is 0 Å². The normalized spacial score (nSPS) is 19.5. The number of aromatic carboxylic acids is 1. The van der Waals surface area contributed by atoms with Gasteiger partial charge in [0, 0.05) is 6.54 Å². The van der Waals surface area contributed by atoms with E-state index in [2.05, 4.69) is 0 Å². The van der Waals surface area contributed by atoms with Crippen LogP contribution in [0.25, 0.3) is 0 Å². The Bertz CT molecular complexity index is 495. The van der Waals surface area contributed by atoms with Crippen LogP contribution in [0.2, 0.25) is 0 Å². The molecule has 4 N–H and O–H groups in total. The number of anilines is 2. The number of halogens is 1. The zero-order valence-electron chi connectivity index (χ0n) is 10.2. The molecule has 1 heterocycles. The van der Waals surface area contributed by atoms with Gasteiger partial charge in [-0.15, -0.1) is 0 Å². The van der Waals surface area contributed by atoms with Crippen molar-refractivity contribution in [3.63, 3.8) is 0 Å². The molecule has 0 amide bonds. The van der Waals surface area contributed by atoms with E-state index < -0.39 is 17.5 Å². The molecule has 1 aromatic carbocycles. The summed E-state index contributed by atoms with van der Waals surface area (Å²) >= 11 is 0. The van der Waals surface area contributed by atoms with Gasteiger partial charge in [-0.1, -0.05) is 0 Å². The van der Waals surface area contributed by atoms with E-state index in [-0.39, 0.29) is 24.8 Å². The van der Waals surface area contributed by atoms with E-state index in [1.165, 1.54) is 6.07 Å². The number of carboxylic acids is 1. The van der Waals surface area contributed by atoms with Crippen molar-refractivity contribution in [3.8, 4) is 0 Å². The fourth-order valence-electron chi connectivity index (χ4n) is 2.17. The Balaban J connectivity index is 2.49. The number of nitrogen functional groups attached to an aromatic ring is 1. The number of carbonyl (C=O) groups is 1. The SMILES string of the molecule is Nc1c(F)ccc(N2CCOCC2CO)c1C(=O)O. The van der Waals surface area contributed by atoms with Crippen molar-refractivity contribution >= 4 is 17.3 Å². The summed E-state index contributed by atoms with van der Waals surface area (Å²) < 4.78 is 18.6. The molecule has 1 saturated heterocycles. The number of morpholine rings is 1. The summed E-state index contributed by atoms with van der Waals surface area (Å²) in [7, 11) is 0. The number of hydrogen-bond donors (Lipinski definition) is 3. The standard InChI is InChI=1S/C12H15FN2O4/c13-8-1-2-9(10(11(8)14)12(17)18)15-3-4-19-6-7(15)5-16/h1-2,7,16H,3-6,14H2,(H,17,18). The first-order chi connectivity index (χ1) is 9.06. The minimum absolute atomic E-state index is 0.184. The van der Waals surface area contributed by atoms with Gasteiger partial charge in [0.25, 0.3) is 0 Å². The van der Waals surface area contributed by atoms with Crippen LogP contribution in [0.1, 0.15) is 10.4 Å². The van der Waals surface area contributed by atoms with Crippen LogP contribution < -0.4 is 10.6 Å². The molecule has 0 spiro atoms. The second-order valence-corrected chi connectivity index (χ2v) is 4.27. The van der Waals surface area contributed by atoms with Crippen LogP contribution >= 0.6 is 0 Å². The van der Waals surface area contributed by atoms with E-state index in [0.717, 1.165) is 6.07 Å². The topological polar surface area (TPSA) is 96.0 Å². The zero-order valence-corrected chi connectivity index (χ0v) is 10.2. The highest BCUT2D eigenvalue weighted by molar-refractivity contribution is 6.00. The lowest BCUT2D eigenvalue weighted by molar-refractivity contribution is 0.0677. The molecule has 0 aromatic heterocycles. The number of rotatable bonds is 3. The molecule has 0 bridgehead atoms. The second-order valence-electron chi connectivity index (χ2n) is 4.27. The molecule has 1 atom stereocenters. The summed E-state index contributed by atoms with van der Waals surface area (Å²) in [5.74, 6) is -2.06. The van der Waals surface area contributed by atoms with Crippen LogP contribution in [0.3, 0.4) is 0 Å². The van der Waals surface area contributed by atoms with Gasteiger partial charge in [-0.05, 0) is 12.1 Å². The third-order valence-corrected chi connectivity index (χ3v) is 3.13. The van der Waals surface area contributed by atoms with Gasteiger partial charge >= 0.3 is 5.97 Å². The van der Waals surface area contributed by atoms with Crippen LogP contribution in [0.4, 0.5) is 15.8 Å². The first-order valence-corrected chi connectivity index (χ1v) is 5.82. The van der Waals surface area contributed by atoms with E-state index in [0.29, 0.717) is 18.8 Å². The minimum atomic E-state index is -1.30. The number of nitrogens with zero attached hydrogens (tertiary/aromatic N) is 1. The molecule has 1 aliphatic heterocycles. The van der Waals surface area contributed by atoms with E-state index in [9.17, 15) is 19.4 Å². The fraction of sp³-hybridized carbons (Fsp3) is 0.417. The maximum atomic E-state index is 13.4. The number of ether oxygens (including phenoxy) is 1. The van der Waals surface area contributed by atoms with E-state index in [1.807, 2.05) is 0 Å². The van der Waals surface area contributed by atoms with Crippen molar-refractivity contribution in [1.29, 1.82) is 0 Å². The lowest BCUT2D eigenvalue weighted by Crippen LogP contribution is -2.48. The summed E-state index contributed by atoms with van der Waals surface area (Å²) in [4.78, 5) is 12.9. The average Bonchev–Trinajstić information content (AvgIpc) is 2.41. The zero-order chi connectivity index (χ0) is 14.0. The largest absolute Gasteiger partial charge is 0.478 e. The third-order valence-electron chi connectivity index (χ3n) is 3.13. The number of hydrogen-bond acceptors (Lipinski definition) is 5. The number of benzene rings is 1. The summed E-state index contributed by atoms with van der Waals surface area (Å²) in [6, 6.07) is 2.13. The lowest BCUT2D eigenvalue weighted by atomic mass is 10.1. The Labute approximate surface area is 109 Å². The highest BCUT2D eigenvalue weighted by Crippen LogP contribution is 2.30. The Morgan fingerprint density at radius 2 is 2.32 bits per heavy atom. The van der Waals surface area contributed by atoms with Gasteiger partial charge in [0.05, 0.1) is 37.2 Å². The smallest absolute Gasteiger partial charge is 0.340 e. The number of nitrogens with two attached hydrogens (primary N) is 1. The molecule has 0 saturated carbocycles. The molecule has 7 heteroatoms. The van der Waals surface area contributed by atoms with Crippen molar-refractivity contribution < 1.29 is 24.1 Å². The monoisotopic (exact) mass is 270 g/mol. The van der Waals surface area contributed by atoms with Gasteiger partial charge in [-0.2, -0.15) is 0 Å². The summed E-state index contributed by atoms with van der Waals surface area (Å²) in [5, 5.41) is 18.5. The molecule has 2 rings (SSSR count). The number of carboxylic acid groups (broad SMARTS) is 1. The number of aliphatic hydroxyl groups excluding tert-OH is 1. The van der Waals surface area contributed by atoms with Crippen molar-refractivity contribution in [3.05, 3.63) is 23.5 Å². The second kappa shape index (κ2) is 5.41. The van der Waals surface area contributed by atoms with E-state index in [1.54, 1.807) is 4.90 Å². The molecule has 1 aromatic rings. The fourth-order valence-corrected chi connectivity index (χ4v) is 2.17. The Morgan fingerprint density at radius 3 is 2.95 bits per heavy atom. The molecule has 0 aliphatic carbocycles. The molecule has 104 valence electrons. The van der Waals surface area contributed by atoms with Crippen LogP contribution in [0.15, 0.2) is 12.1 Å². The van der Waals surface area contributed by atoms with Crippen LogP contribution in [-0.4, -0.2) is 48.6 Å². The summed E-state index contributed by atoms with van der Waals surface area (Å²) in [6.45, 7) is 0.923. The maximum absolute atomic E-state index is 13.4. The highest BCUT2D eigenvalue weighted by atomic mass is 19.1. The first-order valence-electron chi connectivity index (χ1n) is 5.82. The Kier molecular flexibility index (Phi) is 3.87. The highest BCUT2D eigenvalue weighted by Gasteiger charge is 2.28. The van der Waals surface area contributed by atoms with Gasteiger partial charge in [-0.25, -0.2) is 9.18 Å². The summed E-state index contributed by atoms with van der Waals surface area (Å²) in [5.41, 5.74) is 5.13. The average molecular weight is 270 g/mol. The van der Waals surface area contributed by atoms with Gasteiger partial charge in [-0.3, -0.25) is 0 Å². The minimum Gasteiger partial charge on any atom is -0.478 e. The lowest BCUT2D eigenvalue weighted by Gasteiger charge is -2.37. The first kappa shape index (κ1) is 13.6. The molecule has 6 nitrogen and oxygen atoms in total. The summed E-state index contributed by atoms with van der Waals surface area (Å²) in [6.07, 6.45) is 0. The van der Waals surface area contributed by atoms with Crippen molar-refractivity contribution in [2.24, 2.45) is 0 Å². The maximum Gasteiger partial charge on any atom is 0.340 e. The molecular weight excluding hydrogens is 255 g/mol. The van der Waals surface area contributed by atoms with Gasteiger partial charge in [0.1, 0.15) is 11.4 Å². The Hall–Kier alpha value is -1.86. The molecule has 1 aliphatic rings. The van der Waals surface area contributed by atoms with E-state index in [4.69, 9.17) is 10.5 Å². The van der Waals surface area contributed by atoms with Crippen LogP contribution in [-0.2, 0) is 4.74 Å². The molecule has 1 fully saturated rings. The molecule has 1 unspecified atom stereocenters. The predicted molar refractivity (Wildman–Crippen MR) is 66.8 cm³/mol. The molecular formula is C12H15FN2O4. The van der Waals surface area contributed by atoms with Gasteiger partial charge in [0.2, 0.25) is 0 Å². The van der Waals surface area contributed by atoms with Gasteiger partial charge < -0.3 is 25.6 Å². The third kappa shape index (κ3) is 2.47. The molecule has 0 radical (unpaired) electrons. The van der Waals surface area contributed by atoms with Crippen LogP contribution in [0, 0.1) is 5.82 Å². The Morgan fingerprint density at radius 1 is 1.58 bits per heavy atom. The van der Waals surface area contributed by atoms with Crippen molar-refractivity contribution in [1.82, 2.24) is 0 Å².